The molecule has 2 atom stereocenters. The van der Waals surface area contributed by atoms with Crippen molar-refractivity contribution in [2.75, 3.05) is 7.05 Å². The van der Waals surface area contributed by atoms with Crippen LogP contribution >= 0.6 is 0 Å². The van der Waals surface area contributed by atoms with E-state index in [9.17, 15) is 0 Å². The standard InChI is InChI=1S/C14H25N/c1-11-6-8-12(9-7-11)10-13(15-5)14(2,3)4/h6-8,12-13,15H,9-10H2,1-5H3. The van der Waals surface area contributed by atoms with Gasteiger partial charge in [-0.1, -0.05) is 44.6 Å². The molecule has 0 aromatic rings. The third kappa shape index (κ3) is 3.83. The Balaban J connectivity index is 2.51. The summed E-state index contributed by atoms with van der Waals surface area (Å²) in [5.74, 6) is 0.713. The van der Waals surface area contributed by atoms with Crippen molar-refractivity contribution in [3.05, 3.63) is 23.8 Å². The van der Waals surface area contributed by atoms with E-state index in [0.29, 0.717) is 17.4 Å². The zero-order valence-corrected chi connectivity index (χ0v) is 10.8. The minimum absolute atomic E-state index is 0.346. The van der Waals surface area contributed by atoms with E-state index in [4.69, 9.17) is 0 Å². The quantitative estimate of drug-likeness (QED) is 0.746. The SMILES string of the molecule is CNC(CC1C=CC(C)=CC1)C(C)(C)C. The first-order valence-corrected chi connectivity index (χ1v) is 5.95. The number of nitrogens with one attached hydrogen (secondary N) is 1. The zero-order valence-electron chi connectivity index (χ0n) is 10.8. The number of hydrogen-bond donors (Lipinski definition) is 1. The Morgan fingerprint density at radius 3 is 2.53 bits per heavy atom. The van der Waals surface area contributed by atoms with E-state index < -0.39 is 0 Å². The second kappa shape index (κ2) is 4.98. The molecule has 1 heteroatoms. The highest BCUT2D eigenvalue weighted by molar-refractivity contribution is 5.21. The molecule has 0 aliphatic heterocycles. The molecule has 0 saturated carbocycles. The van der Waals surface area contributed by atoms with Crippen molar-refractivity contribution in [3.63, 3.8) is 0 Å². The van der Waals surface area contributed by atoms with Crippen LogP contribution in [-0.2, 0) is 0 Å². The molecule has 86 valence electrons. The molecule has 0 aromatic heterocycles. The van der Waals surface area contributed by atoms with Crippen LogP contribution < -0.4 is 5.32 Å². The van der Waals surface area contributed by atoms with Crippen molar-refractivity contribution in [2.24, 2.45) is 11.3 Å². The lowest BCUT2D eigenvalue weighted by Crippen LogP contribution is -2.39. The normalized spacial score (nSPS) is 23.8. The minimum Gasteiger partial charge on any atom is -0.316 e. The highest BCUT2D eigenvalue weighted by Crippen LogP contribution is 2.28. The largest absolute Gasteiger partial charge is 0.316 e. The summed E-state index contributed by atoms with van der Waals surface area (Å²) in [6.45, 7) is 9.09. The predicted octanol–water partition coefficient (Wildman–Crippen LogP) is 3.53. The van der Waals surface area contributed by atoms with Crippen molar-refractivity contribution < 1.29 is 0 Å². The smallest absolute Gasteiger partial charge is 0.0118 e. The summed E-state index contributed by atoms with van der Waals surface area (Å²) in [7, 11) is 2.07. The Labute approximate surface area is 94.6 Å². The molecule has 0 bridgehead atoms. The lowest BCUT2D eigenvalue weighted by molar-refractivity contribution is 0.248. The van der Waals surface area contributed by atoms with Gasteiger partial charge in [0.25, 0.3) is 0 Å². The Kier molecular flexibility index (Phi) is 4.15. The van der Waals surface area contributed by atoms with Crippen LogP contribution in [0.25, 0.3) is 0 Å². The van der Waals surface area contributed by atoms with Crippen molar-refractivity contribution >= 4 is 0 Å². The van der Waals surface area contributed by atoms with Gasteiger partial charge < -0.3 is 5.32 Å². The number of allylic oxidation sites excluding steroid dienone is 4. The van der Waals surface area contributed by atoms with E-state index in [1.54, 1.807) is 0 Å². The predicted molar refractivity (Wildman–Crippen MR) is 67.9 cm³/mol. The van der Waals surface area contributed by atoms with Crippen molar-refractivity contribution in [2.45, 2.75) is 46.6 Å². The van der Waals surface area contributed by atoms with Gasteiger partial charge in [0.15, 0.2) is 0 Å². The van der Waals surface area contributed by atoms with Gasteiger partial charge in [0.05, 0.1) is 0 Å². The molecule has 0 spiro atoms. The van der Waals surface area contributed by atoms with Crippen LogP contribution in [0.1, 0.15) is 40.5 Å². The van der Waals surface area contributed by atoms with E-state index in [2.05, 4.69) is 58.3 Å². The van der Waals surface area contributed by atoms with Gasteiger partial charge in [-0.2, -0.15) is 0 Å². The third-order valence-electron chi connectivity index (χ3n) is 3.31. The third-order valence-corrected chi connectivity index (χ3v) is 3.31. The summed E-state index contributed by atoms with van der Waals surface area (Å²) in [4.78, 5) is 0. The monoisotopic (exact) mass is 207 g/mol. The van der Waals surface area contributed by atoms with Crippen molar-refractivity contribution in [1.29, 1.82) is 0 Å². The topological polar surface area (TPSA) is 12.0 Å². The molecule has 1 nitrogen and oxygen atoms in total. The molecule has 0 heterocycles. The average Bonchev–Trinajstić information content (AvgIpc) is 2.15. The summed E-state index contributed by atoms with van der Waals surface area (Å²) >= 11 is 0. The zero-order chi connectivity index (χ0) is 11.5. The molecular weight excluding hydrogens is 182 g/mol. The summed E-state index contributed by atoms with van der Waals surface area (Å²) < 4.78 is 0. The highest BCUT2D eigenvalue weighted by Gasteiger charge is 2.25. The van der Waals surface area contributed by atoms with Crippen LogP contribution in [0, 0.1) is 11.3 Å². The van der Waals surface area contributed by atoms with Gasteiger partial charge in [0.1, 0.15) is 0 Å². The van der Waals surface area contributed by atoms with Gasteiger partial charge in [-0.25, -0.2) is 0 Å². The fourth-order valence-corrected chi connectivity index (χ4v) is 2.15. The molecule has 15 heavy (non-hydrogen) atoms. The van der Waals surface area contributed by atoms with Crippen LogP contribution in [-0.4, -0.2) is 13.1 Å². The van der Waals surface area contributed by atoms with Gasteiger partial charge in [-0.05, 0) is 38.1 Å². The molecule has 0 radical (unpaired) electrons. The fourth-order valence-electron chi connectivity index (χ4n) is 2.15. The maximum atomic E-state index is 3.45. The molecule has 1 aliphatic rings. The van der Waals surface area contributed by atoms with Gasteiger partial charge >= 0.3 is 0 Å². The Morgan fingerprint density at radius 2 is 2.13 bits per heavy atom. The molecule has 2 unspecified atom stereocenters. The van der Waals surface area contributed by atoms with Gasteiger partial charge in [-0.3, -0.25) is 0 Å². The maximum absolute atomic E-state index is 3.45. The van der Waals surface area contributed by atoms with Gasteiger partial charge in [0, 0.05) is 6.04 Å². The van der Waals surface area contributed by atoms with Crippen LogP contribution in [0.3, 0.4) is 0 Å². The van der Waals surface area contributed by atoms with E-state index in [1.807, 2.05) is 0 Å². The maximum Gasteiger partial charge on any atom is 0.0118 e. The molecule has 1 N–H and O–H groups in total. The summed E-state index contributed by atoms with van der Waals surface area (Å²) in [5.41, 5.74) is 1.75. The molecule has 0 fully saturated rings. The molecular formula is C14H25N. The van der Waals surface area contributed by atoms with Crippen LogP contribution in [0.4, 0.5) is 0 Å². The van der Waals surface area contributed by atoms with E-state index in [0.717, 1.165) is 0 Å². The summed E-state index contributed by atoms with van der Waals surface area (Å²) in [6, 6.07) is 0.596. The first-order valence-electron chi connectivity index (χ1n) is 5.95. The van der Waals surface area contributed by atoms with Crippen LogP contribution in [0.15, 0.2) is 23.8 Å². The average molecular weight is 207 g/mol. The first-order chi connectivity index (χ1) is 6.93. The molecule has 0 aromatic carbocycles. The minimum atomic E-state index is 0.346. The van der Waals surface area contributed by atoms with Crippen LogP contribution in [0.2, 0.25) is 0 Å². The second-order valence-corrected chi connectivity index (χ2v) is 5.75. The second-order valence-electron chi connectivity index (χ2n) is 5.75. The fraction of sp³-hybridized carbons (Fsp3) is 0.714. The molecule has 0 amide bonds. The van der Waals surface area contributed by atoms with E-state index in [1.165, 1.54) is 18.4 Å². The lowest BCUT2D eigenvalue weighted by atomic mass is 9.79. The Morgan fingerprint density at radius 1 is 1.47 bits per heavy atom. The Bertz CT molecular complexity index is 255. The van der Waals surface area contributed by atoms with Gasteiger partial charge in [0.2, 0.25) is 0 Å². The summed E-state index contributed by atoms with van der Waals surface area (Å²) in [5, 5.41) is 3.45. The molecule has 1 rings (SSSR count). The number of hydrogen-bond acceptors (Lipinski definition) is 1. The van der Waals surface area contributed by atoms with E-state index >= 15 is 0 Å². The molecule has 1 aliphatic carbocycles. The van der Waals surface area contributed by atoms with Crippen molar-refractivity contribution in [3.8, 4) is 0 Å². The lowest BCUT2D eigenvalue weighted by Gasteiger charge is -2.33. The molecule has 0 saturated heterocycles. The van der Waals surface area contributed by atoms with E-state index in [-0.39, 0.29) is 0 Å². The first kappa shape index (κ1) is 12.5. The highest BCUT2D eigenvalue weighted by atomic mass is 14.9. The van der Waals surface area contributed by atoms with Crippen molar-refractivity contribution in [1.82, 2.24) is 5.32 Å². The van der Waals surface area contributed by atoms with Gasteiger partial charge in [-0.15, -0.1) is 0 Å². The van der Waals surface area contributed by atoms with Crippen LogP contribution in [0.5, 0.6) is 0 Å². The summed E-state index contributed by atoms with van der Waals surface area (Å²) in [6.07, 6.45) is 9.41. The Hall–Kier alpha value is -0.560. The number of rotatable bonds is 3.